The van der Waals surface area contributed by atoms with Gasteiger partial charge in [-0.2, -0.15) is 0 Å². The Labute approximate surface area is 195 Å². The lowest BCUT2D eigenvalue weighted by Crippen LogP contribution is -2.19. The van der Waals surface area contributed by atoms with Gasteiger partial charge in [-0.15, -0.1) is 0 Å². The first-order chi connectivity index (χ1) is 16.7. The largest absolute Gasteiger partial charge is 0.323 e. The van der Waals surface area contributed by atoms with Crippen LogP contribution in [-0.2, 0) is 0 Å². The first-order valence-electron chi connectivity index (χ1n) is 10.6. The first kappa shape index (κ1) is 20.9. The molecule has 166 valence electrons. The molecule has 0 fully saturated rings. The van der Waals surface area contributed by atoms with E-state index in [4.69, 9.17) is 0 Å². The van der Waals surface area contributed by atoms with Crippen LogP contribution in [0, 0.1) is 0 Å². The van der Waals surface area contributed by atoms with E-state index < -0.39 is 0 Å². The van der Waals surface area contributed by atoms with Gasteiger partial charge in [0.2, 0.25) is 0 Å². The number of pyridine rings is 1. The van der Waals surface area contributed by atoms with Gasteiger partial charge in [0.25, 0.3) is 5.91 Å². The zero-order valence-corrected chi connectivity index (χ0v) is 18.0. The fourth-order valence-corrected chi connectivity index (χ4v) is 3.47. The first-order valence-corrected chi connectivity index (χ1v) is 10.6. The summed E-state index contributed by atoms with van der Waals surface area (Å²) in [5.74, 6) is 0.429. The Balaban J connectivity index is 1.21. The summed E-state index contributed by atoms with van der Waals surface area (Å²) in [5, 5.41) is 8.32. The molecule has 3 amide bonds. The molecule has 2 aromatic heterocycles. The number of hydrogen-bond acceptors (Lipinski definition) is 4. The molecule has 8 heteroatoms. The van der Waals surface area contributed by atoms with Crippen LogP contribution in [0.1, 0.15) is 10.4 Å². The van der Waals surface area contributed by atoms with Crippen molar-refractivity contribution in [2.45, 2.75) is 0 Å². The van der Waals surface area contributed by atoms with Crippen molar-refractivity contribution in [2.75, 3.05) is 16.0 Å². The molecule has 3 N–H and O–H groups in total. The number of fused-ring (bicyclic) bond motifs is 1. The van der Waals surface area contributed by atoms with Crippen LogP contribution >= 0.6 is 0 Å². The van der Waals surface area contributed by atoms with E-state index in [0.29, 0.717) is 28.4 Å². The monoisotopic (exact) mass is 448 g/mol. The fraction of sp³-hybridized carbons (Fsp3) is 0. The van der Waals surface area contributed by atoms with Gasteiger partial charge in [0, 0.05) is 16.9 Å². The molecule has 0 saturated carbocycles. The van der Waals surface area contributed by atoms with Crippen LogP contribution in [0.5, 0.6) is 0 Å². The number of amides is 3. The maximum Gasteiger partial charge on any atom is 0.323 e. The zero-order chi connectivity index (χ0) is 23.3. The summed E-state index contributed by atoms with van der Waals surface area (Å²) in [6, 6.07) is 26.8. The maximum atomic E-state index is 12.6. The summed E-state index contributed by atoms with van der Waals surface area (Å²) in [4.78, 5) is 33.6. The number of hydrogen-bond donors (Lipinski definition) is 3. The number of urea groups is 1. The number of benzene rings is 3. The van der Waals surface area contributed by atoms with Crippen molar-refractivity contribution in [2.24, 2.45) is 0 Å². The Morgan fingerprint density at radius 1 is 0.647 bits per heavy atom. The second-order valence-corrected chi connectivity index (χ2v) is 7.48. The normalized spacial score (nSPS) is 10.6. The number of nitrogens with one attached hydrogen (secondary N) is 3. The number of imidazole rings is 1. The van der Waals surface area contributed by atoms with Crippen LogP contribution in [0.4, 0.5) is 21.9 Å². The van der Waals surface area contributed by atoms with Crippen LogP contribution in [0.3, 0.4) is 0 Å². The lowest BCUT2D eigenvalue weighted by atomic mass is 10.2. The third kappa shape index (κ3) is 4.61. The van der Waals surface area contributed by atoms with E-state index in [1.54, 1.807) is 55.0 Å². The Bertz CT molecular complexity index is 1440. The molecule has 0 unspecified atom stereocenters. The highest BCUT2D eigenvalue weighted by Gasteiger charge is 2.09. The molecule has 0 bridgehead atoms. The van der Waals surface area contributed by atoms with E-state index >= 15 is 0 Å². The Kier molecular flexibility index (Phi) is 5.69. The van der Waals surface area contributed by atoms with Gasteiger partial charge in [-0.25, -0.2) is 14.8 Å². The highest BCUT2D eigenvalue weighted by atomic mass is 16.2. The van der Waals surface area contributed by atoms with E-state index in [1.807, 2.05) is 53.1 Å². The van der Waals surface area contributed by atoms with Crippen LogP contribution < -0.4 is 16.0 Å². The number of rotatable bonds is 5. The minimum Gasteiger partial charge on any atom is -0.321 e. The van der Waals surface area contributed by atoms with Crippen molar-refractivity contribution >= 4 is 40.0 Å². The zero-order valence-electron chi connectivity index (χ0n) is 18.0. The SMILES string of the molecule is O=C(Nc1ccccc1)Nc1ccc(C(=O)Nc2ccc(-n3cnc4ccccc43)nc2)cc1. The van der Waals surface area contributed by atoms with Gasteiger partial charge in [0.1, 0.15) is 12.1 Å². The van der Waals surface area contributed by atoms with Gasteiger partial charge in [0.05, 0.1) is 22.9 Å². The fourth-order valence-electron chi connectivity index (χ4n) is 3.47. The lowest BCUT2D eigenvalue weighted by molar-refractivity contribution is 0.102. The average molecular weight is 448 g/mol. The number of nitrogens with zero attached hydrogens (tertiary/aromatic N) is 3. The molecule has 8 nitrogen and oxygen atoms in total. The van der Waals surface area contributed by atoms with E-state index in [0.717, 1.165) is 11.0 Å². The summed E-state index contributed by atoms with van der Waals surface area (Å²) in [6.07, 6.45) is 3.33. The molecule has 3 aromatic carbocycles. The second-order valence-electron chi connectivity index (χ2n) is 7.48. The quantitative estimate of drug-likeness (QED) is 0.339. The summed E-state index contributed by atoms with van der Waals surface area (Å²) in [5.41, 5.74) is 4.14. The third-order valence-corrected chi connectivity index (χ3v) is 5.14. The molecule has 34 heavy (non-hydrogen) atoms. The van der Waals surface area contributed by atoms with Crippen molar-refractivity contribution in [1.29, 1.82) is 0 Å². The lowest BCUT2D eigenvalue weighted by Gasteiger charge is -2.09. The van der Waals surface area contributed by atoms with Crippen molar-refractivity contribution < 1.29 is 9.59 Å². The molecule has 0 atom stereocenters. The van der Waals surface area contributed by atoms with Crippen LogP contribution in [0.15, 0.2) is 104 Å². The number of para-hydroxylation sites is 3. The van der Waals surface area contributed by atoms with Gasteiger partial charge in [0.15, 0.2) is 0 Å². The highest BCUT2D eigenvalue weighted by Crippen LogP contribution is 2.18. The Morgan fingerprint density at radius 2 is 1.32 bits per heavy atom. The van der Waals surface area contributed by atoms with E-state index in [1.165, 1.54) is 0 Å². The smallest absolute Gasteiger partial charge is 0.321 e. The minimum absolute atomic E-state index is 0.275. The van der Waals surface area contributed by atoms with Crippen molar-refractivity contribution in [3.05, 3.63) is 109 Å². The molecule has 2 heterocycles. The molecule has 5 aromatic rings. The predicted molar refractivity (Wildman–Crippen MR) is 132 cm³/mol. The molecule has 0 spiro atoms. The van der Waals surface area contributed by atoms with Crippen molar-refractivity contribution in [3.63, 3.8) is 0 Å². The van der Waals surface area contributed by atoms with E-state index in [9.17, 15) is 9.59 Å². The van der Waals surface area contributed by atoms with Crippen molar-refractivity contribution in [3.8, 4) is 5.82 Å². The summed E-state index contributed by atoms with van der Waals surface area (Å²) in [6.45, 7) is 0. The molecule has 0 radical (unpaired) electrons. The number of anilines is 3. The number of aromatic nitrogens is 3. The molecule has 0 saturated heterocycles. The van der Waals surface area contributed by atoms with Crippen LogP contribution in [-0.4, -0.2) is 26.5 Å². The molecule has 0 aliphatic carbocycles. The summed E-state index contributed by atoms with van der Waals surface area (Å²) in [7, 11) is 0. The van der Waals surface area contributed by atoms with Crippen molar-refractivity contribution in [1.82, 2.24) is 14.5 Å². The molecular weight excluding hydrogens is 428 g/mol. The Morgan fingerprint density at radius 3 is 2.06 bits per heavy atom. The molecule has 5 rings (SSSR count). The van der Waals surface area contributed by atoms with Gasteiger partial charge in [-0.1, -0.05) is 30.3 Å². The maximum absolute atomic E-state index is 12.6. The van der Waals surface area contributed by atoms with Crippen LogP contribution in [0.2, 0.25) is 0 Å². The third-order valence-electron chi connectivity index (χ3n) is 5.14. The Hall–Kier alpha value is -4.98. The highest BCUT2D eigenvalue weighted by molar-refractivity contribution is 6.05. The minimum atomic E-state index is -0.361. The topological polar surface area (TPSA) is 101 Å². The molecular formula is C26H20N6O2. The average Bonchev–Trinajstić information content (AvgIpc) is 3.30. The number of carbonyl (C=O) groups is 2. The van der Waals surface area contributed by atoms with E-state index in [2.05, 4.69) is 25.9 Å². The molecule has 0 aliphatic rings. The van der Waals surface area contributed by atoms with Gasteiger partial charge < -0.3 is 16.0 Å². The second kappa shape index (κ2) is 9.25. The standard InChI is InChI=1S/C26H20N6O2/c33-25(18-10-12-20(13-11-18)31-26(34)30-19-6-2-1-3-7-19)29-21-14-15-24(27-16-21)32-17-28-22-8-4-5-9-23(22)32/h1-17H,(H,29,33)(H2,30,31,34). The van der Waals surface area contributed by atoms with Crippen LogP contribution in [0.25, 0.3) is 16.9 Å². The van der Waals surface area contributed by atoms with Gasteiger partial charge in [-0.05, 0) is 60.7 Å². The number of carbonyl (C=O) groups excluding carboxylic acids is 2. The van der Waals surface area contributed by atoms with E-state index in [-0.39, 0.29) is 11.9 Å². The van der Waals surface area contributed by atoms with Gasteiger partial charge >= 0.3 is 6.03 Å². The summed E-state index contributed by atoms with van der Waals surface area (Å²) < 4.78 is 1.89. The predicted octanol–water partition coefficient (Wildman–Crippen LogP) is 5.32. The van der Waals surface area contributed by atoms with Gasteiger partial charge in [-0.3, -0.25) is 9.36 Å². The molecule has 0 aliphatic heterocycles. The summed E-state index contributed by atoms with van der Waals surface area (Å²) >= 11 is 0.